The minimum Gasteiger partial charge on any atom is -0.477 e. The van der Waals surface area contributed by atoms with Crippen LogP contribution in [0.5, 0.6) is 5.88 Å². The molecule has 2 N–H and O–H groups in total. The second kappa shape index (κ2) is 10.9. The van der Waals surface area contributed by atoms with E-state index in [0.29, 0.717) is 35.2 Å². The molecule has 1 aliphatic carbocycles. The zero-order valence-corrected chi connectivity index (χ0v) is 25.4. The van der Waals surface area contributed by atoms with Crippen LogP contribution in [0.25, 0.3) is 5.82 Å². The molecule has 1 saturated carbocycles. The Morgan fingerprint density at radius 2 is 1.88 bits per heavy atom. The summed E-state index contributed by atoms with van der Waals surface area (Å²) < 4.78 is 36.5. The minimum atomic E-state index is -4.12. The SMILES string of the molecule is CC1(CCOc2ccn(-c3ccc4c(n3)N3C(CCCCNc5cccc(c5)S(=O)(=O)NC4=O)CCC3(C)C)n2)CC1. The molecule has 2 bridgehead atoms. The number of pyridine rings is 1. The number of carbonyl (C=O) groups excluding carboxylic acids is 1. The van der Waals surface area contributed by atoms with E-state index in [0.717, 1.165) is 45.1 Å². The molecule has 2 aromatic heterocycles. The molecular formula is C31H40N6O4S. The van der Waals surface area contributed by atoms with Crippen molar-refractivity contribution in [3.8, 4) is 11.7 Å². The summed E-state index contributed by atoms with van der Waals surface area (Å²) in [5.74, 6) is 0.812. The largest absolute Gasteiger partial charge is 0.477 e. The number of anilines is 2. The summed E-state index contributed by atoms with van der Waals surface area (Å²) in [6.45, 7) is 7.93. The molecule has 2 aliphatic heterocycles. The van der Waals surface area contributed by atoms with Crippen LogP contribution in [-0.4, -0.2) is 53.8 Å². The van der Waals surface area contributed by atoms with Gasteiger partial charge in [-0.1, -0.05) is 13.0 Å². The van der Waals surface area contributed by atoms with Gasteiger partial charge >= 0.3 is 0 Å². The molecule has 1 saturated heterocycles. The molecule has 1 atom stereocenters. The molecule has 1 aromatic carbocycles. The topological polar surface area (TPSA) is 118 Å². The molecule has 42 heavy (non-hydrogen) atoms. The number of ether oxygens (including phenoxy) is 1. The van der Waals surface area contributed by atoms with Gasteiger partial charge in [-0.05, 0) is 101 Å². The highest BCUT2D eigenvalue weighted by Crippen LogP contribution is 2.48. The van der Waals surface area contributed by atoms with Crippen molar-refractivity contribution in [2.24, 2.45) is 5.41 Å². The van der Waals surface area contributed by atoms with E-state index in [4.69, 9.17) is 9.72 Å². The molecule has 3 aliphatic rings. The Morgan fingerprint density at radius 1 is 1.05 bits per heavy atom. The number of nitrogens with one attached hydrogen (secondary N) is 2. The van der Waals surface area contributed by atoms with Crippen LogP contribution in [0.1, 0.15) is 82.5 Å². The molecule has 11 heteroatoms. The molecule has 2 fully saturated rings. The molecule has 1 amide bonds. The van der Waals surface area contributed by atoms with Gasteiger partial charge in [0.1, 0.15) is 5.82 Å². The van der Waals surface area contributed by atoms with Crippen LogP contribution >= 0.6 is 0 Å². The standard InChI is InChI=1S/C31H40N6O4S/c1-30(2)14-12-23-8-4-5-18-32-22-7-6-9-24(21-22)42(39,40)35-29(38)25-10-11-26(33-28(25)37(23)30)36-19-13-27(34-36)41-20-17-31(3)15-16-31/h6-7,9-11,13,19,21,23,32H,4-5,8,12,14-18,20H2,1-3H3,(H,35,38). The third-order valence-corrected chi connectivity index (χ3v) is 10.3. The highest BCUT2D eigenvalue weighted by atomic mass is 32.2. The second-order valence-electron chi connectivity index (χ2n) is 12.8. The lowest BCUT2D eigenvalue weighted by Gasteiger charge is -2.38. The summed E-state index contributed by atoms with van der Waals surface area (Å²) in [5, 5.41) is 7.92. The third-order valence-electron chi connectivity index (χ3n) is 8.96. The number of sulfonamides is 1. The number of fused-ring (bicyclic) bond motifs is 5. The molecular weight excluding hydrogens is 552 g/mol. The summed E-state index contributed by atoms with van der Waals surface area (Å²) in [4.78, 5) is 20.9. The molecule has 10 nitrogen and oxygen atoms in total. The van der Waals surface area contributed by atoms with Crippen LogP contribution in [-0.2, 0) is 10.0 Å². The van der Waals surface area contributed by atoms with E-state index >= 15 is 0 Å². The summed E-state index contributed by atoms with van der Waals surface area (Å²) in [7, 11) is -4.12. The lowest BCUT2D eigenvalue weighted by Crippen LogP contribution is -2.45. The first kappa shape index (κ1) is 28.5. The maximum absolute atomic E-state index is 13.7. The maximum Gasteiger partial charge on any atom is 0.268 e. The monoisotopic (exact) mass is 592 g/mol. The summed E-state index contributed by atoms with van der Waals surface area (Å²) in [6, 6.07) is 11.9. The van der Waals surface area contributed by atoms with Gasteiger partial charge in [-0.15, -0.1) is 5.10 Å². The van der Waals surface area contributed by atoms with Gasteiger partial charge in [-0.25, -0.2) is 22.8 Å². The molecule has 3 aromatic rings. The first-order valence-corrected chi connectivity index (χ1v) is 16.4. The van der Waals surface area contributed by atoms with Crippen LogP contribution in [0.2, 0.25) is 0 Å². The molecule has 1 unspecified atom stereocenters. The normalized spacial score (nSPS) is 22.5. The number of nitrogens with zero attached hydrogens (tertiary/aromatic N) is 4. The number of hydrogen-bond acceptors (Lipinski definition) is 8. The Labute approximate surface area is 247 Å². The number of rotatable bonds is 5. The van der Waals surface area contributed by atoms with E-state index in [9.17, 15) is 13.2 Å². The predicted octanol–water partition coefficient (Wildman–Crippen LogP) is 5.30. The Bertz CT molecular complexity index is 1580. The summed E-state index contributed by atoms with van der Waals surface area (Å²) in [6.07, 6.45) is 10.1. The van der Waals surface area contributed by atoms with E-state index in [1.54, 1.807) is 35.1 Å². The van der Waals surface area contributed by atoms with Crippen LogP contribution in [0, 0.1) is 5.41 Å². The average molecular weight is 593 g/mol. The molecule has 0 radical (unpaired) electrons. The van der Waals surface area contributed by atoms with Crippen molar-refractivity contribution in [1.82, 2.24) is 19.5 Å². The van der Waals surface area contributed by atoms with E-state index in [2.05, 4.69) is 40.8 Å². The van der Waals surface area contributed by atoms with Crippen molar-refractivity contribution >= 4 is 27.4 Å². The van der Waals surface area contributed by atoms with Gasteiger partial charge in [-0.2, -0.15) is 0 Å². The quantitative estimate of drug-likeness (QED) is 0.410. The summed E-state index contributed by atoms with van der Waals surface area (Å²) >= 11 is 0. The lowest BCUT2D eigenvalue weighted by atomic mass is 10.0. The fourth-order valence-electron chi connectivity index (χ4n) is 6.05. The van der Waals surface area contributed by atoms with Gasteiger partial charge < -0.3 is 15.0 Å². The first-order valence-electron chi connectivity index (χ1n) is 14.9. The molecule has 0 spiro atoms. The summed E-state index contributed by atoms with van der Waals surface area (Å²) in [5.41, 5.74) is 1.05. The van der Waals surface area contributed by atoms with Crippen molar-refractivity contribution in [1.29, 1.82) is 0 Å². The van der Waals surface area contributed by atoms with E-state index in [1.165, 1.54) is 18.9 Å². The molecule has 4 heterocycles. The predicted molar refractivity (Wildman–Crippen MR) is 162 cm³/mol. The lowest BCUT2D eigenvalue weighted by molar-refractivity contribution is 0.0981. The molecule has 224 valence electrons. The van der Waals surface area contributed by atoms with E-state index in [1.807, 2.05) is 12.1 Å². The Morgan fingerprint density at radius 3 is 2.69 bits per heavy atom. The van der Waals surface area contributed by atoms with Crippen molar-refractivity contribution in [3.05, 3.63) is 54.2 Å². The number of hydrogen-bond donors (Lipinski definition) is 2. The number of benzene rings is 1. The maximum atomic E-state index is 13.7. The zero-order chi connectivity index (χ0) is 29.5. The van der Waals surface area contributed by atoms with Gasteiger partial charge in [0, 0.05) is 36.1 Å². The second-order valence-corrected chi connectivity index (χ2v) is 14.5. The van der Waals surface area contributed by atoms with Gasteiger partial charge in [0.05, 0.1) is 17.1 Å². The van der Waals surface area contributed by atoms with Crippen LogP contribution < -0.4 is 19.7 Å². The number of aromatic nitrogens is 3. The van der Waals surface area contributed by atoms with E-state index < -0.39 is 15.9 Å². The highest BCUT2D eigenvalue weighted by Gasteiger charge is 2.42. The Kier molecular flexibility index (Phi) is 7.41. The Hall–Kier alpha value is -3.60. The van der Waals surface area contributed by atoms with Gasteiger partial charge in [0.15, 0.2) is 5.82 Å². The highest BCUT2D eigenvalue weighted by molar-refractivity contribution is 7.90. The van der Waals surface area contributed by atoms with Crippen molar-refractivity contribution in [2.75, 3.05) is 23.4 Å². The van der Waals surface area contributed by atoms with Crippen molar-refractivity contribution in [2.45, 2.75) is 88.6 Å². The minimum absolute atomic E-state index is 0.0287. The number of amides is 1. The third kappa shape index (κ3) is 5.97. The van der Waals surface area contributed by atoms with Crippen molar-refractivity contribution < 1.29 is 17.9 Å². The van der Waals surface area contributed by atoms with Crippen molar-refractivity contribution in [3.63, 3.8) is 0 Å². The van der Waals surface area contributed by atoms with Gasteiger partial charge in [-0.3, -0.25) is 4.79 Å². The fourth-order valence-corrected chi connectivity index (χ4v) is 7.06. The smallest absolute Gasteiger partial charge is 0.268 e. The number of carbonyl (C=O) groups is 1. The van der Waals surface area contributed by atoms with Crippen LogP contribution in [0.15, 0.2) is 53.6 Å². The Balaban J connectivity index is 1.36. The molecule has 6 rings (SSSR count). The zero-order valence-electron chi connectivity index (χ0n) is 24.6. The van der Waals surface area contributed by atoms with E-state index in [-0.39, 0.29) is 22.0 Å². The van der Waals surface area contributed by atoms with Gasteiger partial charge in [0.25, 0.3) is 15.9 Å². The van der Waals surface area contributed by atoms with Crippen LogP contribution in [0.3, 0.4) is 0 Å². The van der Waals surface area contributed by atoms with Crippen LogP contribution in [0.4, 0.5) is 11.5 Å². The fraction of sp³-hybridized carbons (Fsp3) is 0.516. The van der Waals surface area contributed by atoms with Gasteiger partial charge in [0.2, 0.25) is 5.88 Å². The first-order chi connectivity index (χ1) is 20.0. The average Bonchev–Trinajstić information content (AvgIpc) is 3.35.